The fraction of sp³-hybridized carbons (Fsp3) is 1.00. The summed E-state index contributed by atoms with van der Waals surface area (Å²) in [6.07, 6.45) is 3.87. The van der Waals surface area contributed by atoms with E-state index in [-0.39, 0.29) is 0 Å². The van der Waals surface area contributed by atoms with Gasteiger partial charge in [0.2, 0.25) is 0 Å². The SMILES string of the molecule is CCOCCCN(CC)CC1CCNCC1. The molecule has 0 aromatic carbocycles. The van der Waals surface area contributed by atoms with Crippen LogP contribution in [0.5, 0.6) is 0 Å². The van der Waals surface area contributed by atoms with Crippen LogP contribution in [0.2, 0.25) is 0 Å². The molecule has 0 aromatic rings. The van der Waals surface area contributed by atoms with Crippen molar-refractivity contribution >= 4 is 0 Å². The predicted molar refractivity (Wildman–Crippen MR) is 68.8 cm³/mol. The molecule has 1 aliphatic heterocycles. The Kier molecular flexibility index (Phi) is 7.81. The van der Waals surface area contributed by atoms with Gasteiger partial charge in [-0.05, 0) is 51.7 Å². The van der Waals surface area contributed by atoms with Gasteiger partial charge in [-0.25, -0.2) is 0 Å². The van der Waals surface area contributed by atoms with E-state index in [1.54, 1.807) is 0 Å². The third-order valence-electron chi connectivity index (χ3n) is 3.39. The average molecular weight is 228 g/mol. The van der Waals surface area contributed by atoms with Gasteiger partial charge < -0.3 is 15.0 Å². The van der Waals surface area contributed by atoms with Crippen molar-refractivity contribution in [3.63, 3.8) is 0 Å². The molecule has 0 radical (unpaired) electrons. The number of ether oxygens (including phenoxy) is 1. The summed E-state index contributed by atoms with van der Waals surface area (Å²) in [5.74, 6) is 0.910. The maximum absolute atomic E-state index is 5.38. The number of rotatable bonds is 8. The van der Waals surface area contributed by atoms with Crippen molar-refractivity contribution in [1.29, 1.82) is 0 Å². The van der Waals surface area contributed by atoms with Crippen LogP contribution in [0.4, 0.5) is 0 Å². The maximum Gasteiger partial charge on any atom is 0.0478 e. The Balaban J connectivity index is 2.09. The topological polar surface area (TPSA) is 24.5 Å². The lowest BCUT2D eigenvalue weighted by molar-refractivity contribution is 0.127. The van der Waals surface area contributed by atoms with Gasteiger partial charge in [-0.15, -0.1) is 0 Å². The Hall–Kier alpha value is -0.120. The van der Waals surface area contributed by atoms with Crippen molar-refractivity contribution in [3.05, 3.63) is 0 Å². The van der Waals surface area contributed by atoms with Crippen LogP contribution in [0, 0.1) is 5.92 Å². The molecule has 0 unspecified atom stereocenters. The van der Waals surface area contributed by atoms with Gasteiger partial charge in [0.25, 0.3) is 0 Å². The number of piperidine rings is 1. The summed E-state index contributed by atoms with van der Waals surface area (Å²) in [7, 11) is 0. The molecule has 1 heterocycles. The first-order valence-electron chi connectivity index (χ1n) is 6.87. The highest BCUT2D eigenvalue weighted by atomic mass is 16.5. The quantitative estimate of drug-likeness (QED) is 0.640. The monoisotopic (exact) mass is 228 g/mol. The molecule has 96 valence electrons. The zero-order chi connectivity index (χ0) is 11.6. The van der Waals surface area contributed by atoms with E-state index in [9.17, 15) is 0 Å². The van der Waals surface area contributed by atoms with Crippen LogP contribution in [0.3, 0.4) is 0 Å². The molecule has 3 nitrogen and oxygen atoms in total. The molecular weight excluding hydrogens is 200 g/mol. The van der Waals surface area contributed by atoms with Gasteiger partial charge in [0.05, 0.1) is 0 Å². The van der Waals surface area contributed by atoms with E-state index in [2.05, 4.69) is 24.1 Å². The highest BCUT2D eigenvalue weighted by molar-refractivity contribution is 4.72. The average Bonchev–Trinajstić information content (AvgIpc) is 2.34. The predicted octanol–water partition coefficient (Wildman–Crippen LogP) is 1.73. The van der Waals surface area contributed by atoms with E-state index in [0.29, 0.717) is 0 Å². The van der Waals surface area contributed by atoms with Crippen LogP contribution in [0.25, 0.3) is 0 Å². The van der Waals surface area contributed by atoms with Crippen LogP contribution in [0.15, 0.2) is 0 Å². The van der Waals surface area contributed by atoms with E-state index in [1.807, 2.05) is 0 Å². The maximum atomic E-state index is 5.38. The van der Waals surface area contributed by atoms with E-state index in [4.69, 9.17) is 4.74 Å². The Labute approximate surface area is 101 Å². The van der Waals surface area contributed by atoms with Crippen LogP contribution in [-0.4, -0.2) is 50.8 Å². The van der Waals surface area contributed by atoms with E-state index in [1.165, 1.54) is 52.0 Å². The highest BCUT2D eigenvalue weighted by Crippen LogP contribution is 2.13. The Morgan fingerprint density at radius 3 is 2.62 bits per heavy atom. The summed E-state index contributed by atoms with van der Waals surface area (Å²) < 4.78 is 5.38. The van der Waals surface area contributed by atoms with Gasteiger partial charge in [0, 0.05) is 26.3 Å². The number of nitrogens with zero attached hydrogens (tertiary/aromatic N) is 1. The highest BCUT2D eigenvalue weighted by Gasteiger charge is 2.15. The lowest BCUT2D eigenvalue weighted by atomic mass is 9.97. The summed E-state index contributed by atoms with van der Waals surface area (Å²) in [4.78, 5) is 2.58. The fourth-order valence-electron chi connectivity index (χ4n) is 2.34. The molecule has 1 rings (SSSR count). The molecule has 1 saturated heterocycles. The van der Waals surface area contributed by atoms with Gasteiger partial charge in [0.1, 0.15) is 0 Å². The van der Waals surface area contributed by atoms with E-state index < -0.39 is 0 Å². The van der Waals surface area contributed by atoms with E-state index in [0.717, 1.165) is 19.1 Å². The lowest BCUT2D eigenvalue weighted by Gasteiger charge is -2.29. The van der Waals surface area contributed by atoms with Gasteiger partial charge >= 0.3 is 0 Å². The molecule has 1 fully saturated rings. The third-order valence-corrected chi connectivity index (χ3v) is 3.39. The van der Waals surface area contributed by atoms with Crippen molar-refractivity contribution in [3.8, 4) is 0 Å². The standard InChI is InChI=1S/C13H28N2O/c1-3-15(10-5-11-16-4-2)12-13-6-8-14-9-7-13/h13-14H,3-12H2,1-2H3. The summed E-state index contributed by atoms with van der Waals surface area (Å²) in [6, 6.07) is 0. The largest absolute Gasteiger partial charge is 0.382 e. The lowest BCUT2D eigenvalue weighted by Crippen LogP contribution is -2.36. The second-order valence-electron chi connectivity index (χ2n) is 4.64. The number of hydrogen-bond donors (Lipinski definition) is 1. The molecular formula is C13H28N2O. The zero-order valence-electron chi connectivity index (χ0n) is 11.0. The molecule has 0 saturated carbocycles. The van der Waals surface area contributed by atoms with Gasteiger partial charge in [0.15, 0.2) is 0 Å². The first-order chi connectivity index (χ1) is 7.86. The van der Waals surface area contributed by atoms with Gasteiger partial charge in [-0.3, -0.25) is 0 Å². The van der Waals surface area contributed by atoms with Crippen molar-refractivity contribution in [2.75, 3.05) is 45.9 Å². The second-order valence-corrected chi connectivity index (χ2v) is 4.64. The first kappa shape index (κ1) is 13.9. The minimum atomic E-state index is 0.848. The molecule has 0 amide bonds. The van der Waals surface area contributed by atoms with Gasteiger partial charge in [-0.2, -0.15) is 0 Å². The molecule has 0 aromatic heterocycles. The van der Waals surface area contributed by atoms with Gasteiger partial charge in [-0.1, -0.05) is 6.92 Å². The second kappa shape index (κ2) is 8.97. The van der Waals surface area contributed by atoms with E-state index >= 15 is 0 Å². The molecule has 0 atom stereocenters. The molecule has 0 aliphatic carbocycles. The third kappa shape index (κ3) is 5.83. The molecule has 1 aliphatic rings. The summed E-state index contributed by atoms with van der Waals surface area (Å²) in [5.41, 5.74) is 0. The smallest absolute Gasteiger partial charge is 0.0478 e. The normalized spacial score (nSPS) is 18.2. The van der Waals surface area contributed by atoms with Crippen LogP contribution >= 0.6 is 0 Å². The zero-order valence-corrected chi connectivity index (χ0v) is 11.0. The number of nitrogens with one attached hydrogen (secondary N) is 1. The van der Waals surface area contributed by atoms with Crippen molar-refractivity contribution in [2.45, 2.75) is 33.1 Å². The molecule has 0 bridgehead atoms. The van der Waals surface area contributed by atoms with Crippen LogP contribution in [0.1, 0.15) is 33.1 Å². The van der Waals surface area contributed by atoms with Crippen molar-refractivity contribution in [1.82, 2.24) is 10.2 Å². The Bertz CT molecular complexity index is 158. The molecule has 0 spiro atoms. The van der Waals surface area contributed by atoms with Crippen molar-refractivity contribution in [2.24, 2.45) is 5.92 Å². The molecule has 3 heteroatoms. The minimum absolute atomic E-state index is 0.848. The summed E-state index contributed by atoms with van der Waals surface area (Å²) >= 11 is 0. The first-order valence-corrected chi connectivity index (χ1v) is 6.87. The minimum Gasteiger partial charge on any atom is -0.382 e. The number of hydrogen-bond acceptors (Lipinski definition) is 3. The molecule has 1 N–H and O–H groups in total. The molecule has 16 heavy (non-hydrogen) atoms. The van der Waals surface area contributed by atoms with Crippen molar-refractivity contribution < 1.29 is 4.74 Å². The summed E-state index contributed by atoms with van der Waals surface area (Å²) in [6.45, 7) is 12.2. The summed E-state index contributed by atoms with van der Waals surface area (Å²) in [5, 5.41) is 3.43. The van der Waals surface area contributed by atoms with Crippen LogP contribution < -0.4 is 5.32 Å². The van der Waals surface area contributed by atoms with Crippen LogP contribution in [-0.2, 0) is 4.74 Å². The fourth-order valence-corrected chi connectivity index (χ4v) is 2.34. The Morgan fingerprint density at radius 1 is 1.25 bits per heavy atom. The Morgan fingerprint density at radius 2 is 2.00 bits per heavy atom.